The molecule has 34 heavy (non-hydrogen) atoms. The highest BCUT2D eigenvalue weighted by Gasteiger charge is 2.23. The first-order chi connectivity index (χ1) is 16.6. The molecule has 1 fully saturated rings. The van der Waals surface area contributed by atoms with Crippen molar-refractivity contribution in [1.29, 1.82) is 0 Å². The van der Waals surface area contributed by atoms with Crippen LogP contribution in [0.1, 0.15) is 36.4 Å². The summed E-state index contributed by atoms with van der Waals surface area (Å²) >= 11 is 0. The third-order valence-electron chi connectivity index (χ3n) is 6.34. The second-order valence-corrected chi connectivity index (χ2v) is 8.76. The Balaban J connectivity index is 1.38. The van der Waals surface area contributed by atoms with E-state index in [-0.39, 0.29) is 11.8 Å². The molecule has 4 aromatic rings. The predicted octanol–water partition coefficient (Wildman–Crippen LogP) is 5.79. The molecule has 6 nitrogen and oxygen atoms in total. The number of rotatable bonds is 6. The highest BCUT2D eigenvalue weighted by Crippen LogP contribution is 2.29. The van der Waals surface area contributed by atoms with Crippen molar-refractivity contribution in [2.24, 2.45) is 0 Å². The number of aromatic amines is 1. The summed E-state index contributed by atoms with van der Waals surface area (Å²) in [5.74, 6) is 0.0143. The Morgan fingerprint density at radius 1 is 0.971 bits per heavy atom. The van der Waals surface area contributed by atoms with E-state index in [1.54, 1.807) is 0 Å². The molecule has 0 bridgehead atoms. The van der Waals surface area contributed by atoms with Gasteiger partial charge in [-0.2, -0.15) is 0 Å². The lowest BCUT2D eigenvalue weighted by Gasteiger charge is -2.28. The Hall–Kier alpha value is -4.06. The number of aryl methyl sites for hydroxylation is 1. The maximum atomic E-state index is 13.4. The van der Waals surface area contributed by atoms with Crippen molar-refractivity contribution in [2.75, 3.05) is 22.1 Å². The molecule has 0 spiro atoms. The van der Waals surface area contributed by atoms with Crippen LogP contribution in [0.3, 0.4) is 0 Å². The van der Waals surface area contributed by atoms with Gasteiger partial charge in [-0.25, -0.2) is 0 Å². The standard InChI is InChI=1S/C28H28N4O2/c1-19-17-22(11-13-25(19)32-16-6-5-9-26(32)33)31-28(34)27(20-7-3-2-4-8-20)30-23-10-12-24-21(18-23)14-15-29-24/h2-4,7-8,10-15,17-18,27,29-30H,5-6,9,16H2,1H3,(H,31,34). The van der Waals surface area contributed by atoms with Crippen LogP contribution in [-0.2, 0) is 9.59 Å². The molecule has 2 amide bonds. The zero-order chi connectivity index (χ0) is 23.5. The van der Waals surface area contributed by atoms with Gasteiger partial charge in [0.05, 0.1) is 0 Å². The third kappa shape index (κ3) is 4.53. The summed E-state index contributed by atoms with van der Waals surface area (Å²) in [7, 11) is 0. The van der Waals surface area contributed by atoms with Gasteiger partial charge in [0.2, 0.25) is 5.91 Å². The fourth-order valence-electron chi connectivity index (χ4n) is 4.57. The largest absolute Gasteiger partial charge is 0.370 e. The average Bonchev–Trinajstić information content (AvgIpc) is 3.32. The molecule has 6 heteroatoms. The van der Waals surface area contributed by atoms with Crippen LogP contribution in [0.5, 0.6) is 0 Å². The van der Waals surface area contributed by atoms with Gasteiger partial charge in [-0.05, 0) is 73.4 Å². The highest BCUT2D eigenvalue weighted by molar-refractivity contribution is 5.99. The van der Waals surface area contributed by atoms with Crippen molar-refractivity contribution in [1.82, 2.24) is 4.98 Å². The van der Waals surface area contributed by atoms with E-state index in [0.29, 0.717) is 12.1 Å². The lowest BCUT2D eigenvalue weighted by molar-refractivity contribution is -0.119. The number of benzene rings is 3. The molecule has 1 aliphatic heterocycles. The van der Waals surface area contributed by atoms with Crippen LogP contribution in [0.4, 0.5) is 17.1 Å². The van der Waals surface area contributed by atoms with Gasteiger partial charge in [0.25, 0.3) is 5.91 Å². The van der Waals surface area contributed by atoms with E-state index < -0.39 is 6.04 Å². The van der Waals surface area contributed by atoms with Crippen molar-refractivity contribution < 1.29 is 9.59 Å². The SMILES string of the molecule is Cc1cc(NC(=O)C(Nc2ccc3[nH]ccc3c2)c2ccccc2)ccc1N1CCCCC1=O. The zero-order valence-electron chi connectivity index (χ0n) is 19.2. The van der Waals surface area contributed by atoms with Gasteiger partial charge in [-0.3, -0.25) is 9.59 Å². The predicted molar refractivity (Wildman–Crippen MR) is 137 cm³/mol. The number of aromatic nitrogens is 1. The minimum atomic E-state index is -0.568. The number of nitrogens with one attached hydrogen (secondary N) is 3. The molecule has 3 aromatic carbocycles. The molecule has 1 aliphatic rings. The van der Waals surface area contributed by atoms with Gasteiger partial charge in [0.15, 0.2) is 0 Å². The van der Waals surface area contributed by atoms with E-state index >= 15 is 0 Å². The number of fused-ring (bicyclic) bond motifs is 1. The molecule has 1 unspecified atom stereocenters. The summed E-state index contributed by atoms with van der Waals surface area (Å²) in [5.41, 5.74) is 5.39. The summed E-state index contributed by atoms with van der Waals surface area (Å²) in [6.07, 6.45) is 4.46. The fraction of sp³-hybridized carbons (Fsp3) is 0.214. The molecule has 0 radical (unpaired) electrons. The number of piperidine rings is 1. The summed E-state index contributed by atoms with van der Waals surface area (Å²) in [6, 6.07) is 22.9. The minimum Gasteiger partial charge on any atom is -0.370 e. The Morgan fingerprint density at radius 3 is 2.59 bits per heavy atom. The smallest absolute Gasteiger partial charge is 0.251 e. The number of carbonyl (C=O) groups is 2. The summed E-state index contributed by atoms with van der Waals surface area (Å²) < 4.78 is 0. The van der Waals surface area contributed by atoms with Crippen molar-refractivity contribution in [3.05, 3.63) is 90.1 Å². The molecule has 0 aliphatic carbocycles. The fourth-order valence-corrected chi connectivity index (χ4v) is 4.57. The Kier molecular flexibility index (Phi) is 6.04. The first kappa shape index (κ1) is 21.8. The van der Waals surface area contributed by atoms with Gasteiger partial charge in [-0.15, -0.1) is 0 Å². The first-order valence-electron chi connectivity index (χ1n) is 11.7. The molecule has 3 N–H and O–H groups in total. The molecular formula is C28H28N4O2. The number of nitrogens with zero attached hydrogens (tertiary/aromatic N) is 1. The second-order valence-electron chi connectivity index (χ2n) is 8.76. The average molecular weight is 453 g/mol. The Bertz CT molecular complexity index is 1330. The van der Waals surface area contributed by atoms with Crippen LogP contribution in [0.2, 0.25) is 0 Å². The molecule has 2 heterocycles. The lowest BCUT2D eigenvalue weighted by atomic mass is 10.0. The summed E-state index contributed by atoms with van der Waals surface area (Å²) in [6.45, 7) is 2.72. The lowest BCUT2D eigenvalue weighted by Crippen LogP contribution is -2.35. The Labute approximate surface area is 199 Å². The van der Waals surface area contributed by atoms with Gasteiger partial charge in [0.1, 0.15) is 6.04 Å². The highest BCUT2D eigenvalue weighted by atomic mass is 16.2. The number of carbonyl (C=O) groups excluding carboxylic acids is 2. The molecule has 0 saturated carbocycles. The van der Waals surface area contributed by atoms with Gasteiger partial charge in [-0.1, -0.05) is 30.3 Å². The summed E-state index contributed by atoms with van der Waals surface area (Å²) in [4.78, 5) is 30.8. The third-order valence-corrected chi connectivity index (χ3v) is 6.34. The maximum absolute atomic E-state index is 13.4. The molecule has 172 valence electrons. The molecule has 1 atom stereocenters. The first-order valence-corrected chi connectivity index (χ1v) is 11.7. The van der Waals surface area contributed by atoms with Crippen LogP contribution in [0.25, 0.3) is 10.9 Å². The number of anilines is 3. The van der Waals surface area contributed by atoms with Gasteiger partial charge >= 0.3 is 0 Å². The van der Waals surface area contributed by atoms with Crippen LogP contribution < -0.4 is 15.5 Å². The molecule has 5 rings (SSSR count). The van der Waals surface area contributed by atoms with E-state index in [9.17, 15) is 9.59 Å². The summed E-state index contributed by atoms with van der Waals surface area (Å²) in [5, 5.41) is 7.55. The molecule has 1 aromatic heterocycles. The quantitative estimate of drug-likeness (QED) is 0.347. The van der Waals surface area contributed by atoms with Crippen LogP contribution >= 0.6 is 0 Å². The van der Waals surface area contributed by atoms with Gasteiger partial charge < -0.3 is 20.5 Å². The minimum absolute atomic E-state index is 0.151. The van der Waals surface area contributed by atoms with Gasteiger partial charge in [0, 0.05) is 47.1 Å². The number of hydrogen-bond acceptors (Lipinski definition) is 3. The molecule has 1 saturated heterocycles. The van der Waals surface area contributed by atoms with E-state index in [1.165, 1.54) is 0 Å². The monoisotopic (exact) mass is 452 g/mol. The van der Waals surface area contributed by atoms with Crippen LogP contribution in [0.15, 0.2) is 79.0 Å². The second kappa shape index (κ2) is 9.43. The topological polar surface area (TPSA) is 77.2 Å². The van der Waals surface area contributed by atoms with Crippen molar-refractivity contribution in [3.8, 4) is 0 Å². The van der Waals surface area contributed by atoms with E-state index in [2.05, 4.69) is 15.6 Å². The number of H-pyrrole nitrogens is 1. The van der Waals surface area contributed by atoms with Crippen LogP contribution in [-0.4, -0.2) is 23.3 Å². The van der Waals surface area contributed by atoms with E-state index in [0.717, 1.165) is 52.8 Å². The molecular weight excluding hydrogens is 424 g/mol. The maximum Gasteiger partial charge on any atom is 0.251 e. The van der Waals surface area contributed by atoms with Crippen molar-refractivity contribution >= 4 is 39.8 Å². The van der Waals surface area contributed by atoms with Crippen molar-refractivity contribution in [3.63, 3.8) is 0 Å². The number of hydrogen-bond donors (Lipinski definition) is 3. The normalized spacial score (nSPS) is 14.7. The van der Waals surface area contributed by atoms with Crippen molar-refractivity contribution in [2.45, 2.75) is 32.2 Å². The van der Waals surface area contributed by atoms with E-state index in [4.69, 9.17) is 0 Å². The zero-order valence-corrected chi connectivity index (χ0v) is 19.2. The van der Waals surface area contributed by atoms with Crippen LogP contribution in [0, 0.1) is 6.92 Å². The Morgan fingerprint density at radius 2 is 1.79 bits per heavy atom. The number of amides is 2. The van der Waals surface area contributed by atoms with E-state index in [1.807, 2.05) is 90.8 Å².